The van der Waals surface area contributed by atoms with E-state index in [1.165, 1.54) is 6.21 Å². The number of nitrogen functional groups attached to an aromatic ring is 1. The van der Waals surface area contributed by atoms with Crippen molar-refractivity contribution >= 4 is 30.8 Å². The number of piperidine rings is 2. The van der Waals surface area contributed by atoms with Crippen LogP contribution in [0.25, 0.3) is 11.3 Å². The molecule has 0 amide bonds. The van der Waals surface area contributed by atoms with Gasteiger partial charge in [-0.3, -0.25) is 24.6 Å². The number of aromatic nitrogens is 4. The van der Waals surface area contributed by atoms with Gasteiger partial charge in [-0.15, -0.1) is 0 Å². The molecule has 13 heteroatoms. The molecule has 0 radical (unpaired) electrons. The van der Waals surface area contributed by atoms with Crippen LogP contribution in [0.15, 0.2) is 52.1 Å². The van der Waals surface area contributed by atoms with Gasteiger partial charge >= 0.3 is 0 Å². The summed E-state index contributed by atoms with van der Waals surface area (Å²) >= 11 is 0. The molecule has 0 aliphatic carbocycles. The number of anilines is 2. The van der Waals surface area contributed by atoms with Crippen molar-refractivity contribution < 1.29 is 0 Å². The summed E-state index contributed by atoms with van der Waals surface area (Å²) in [6.45, 7) is 8.70. The second-order valence-corrected chi connectivity index (χ2v) is 10.8. The fourth-order valence-electron chi connectivity index (χ4n) is 5.21. The highest BCUT2D eigenvalue weighted by Crippen LogP contribution is 2.24. The minimum Gasteiger partial charge on any atom is -0.388 e. The Morgan fingerprint density at radius 1 is 1.22 bits per heavy atom. The van der Waals surface area contributed by atoms with E-state index in [2.05, 4.69) is 48.9 Å². The zero-order chi connectivity index (χ0) is 29.2. The molecule has 2 aromatic heterocycles. The van der Waals surface area contributed by atoms with Crippen molar-refractivity contribution in [2.24, 2.45) is 28.8 Å². The van der Waals surface area contributed by atoms with E-state index >= 15 is 0 Å². The van der Waals surface area contributed by atoms with Crippen molar-refractivity contribution in [1.82, 2.24) is 34.9 Å². The summed E-state index contributed by atoms with van der Waals surface area (Å²) < 4.78 is 1.72. The van der Waals surface area contributed by atoms with Crippen LogP contribution in [-0.2, 0) is 7.05 Å². The Kier molecular flexibility index (Phi) is 10.7. The Bertz CT molecular complexity index is 1260. The van der Waals surface area contributed by atoms with Crippen molar-refractivity contribution in [3.05, 3.63) is 42.1 Å². The number of hydrogen-bond donors (Lipinski definition) is 4. The Morgan fingerprint density at radius 2 is 2.02 bits per heavy atom. The lowest BCUT2D eigenvalue weighted by atomic mass is 9.98. The molecule has 1 atom stereocenters. The third-order valence-corrected chi connectivity index (χ3v) is 7.54. The predicted octanol–water partition coefficient (Wildman–Crippen LogP) is 1.68. The molecule has 6 N–H and O–H groups in total. The lowest BCUT2D eigenvalue weighted by Crippen LogP contribution is -2.44. The quantitative estimate of drug-likeness (QED) is 0.130. The van der Waals surface area contributed by atoms with Gasteiger partial charge in [0, 0.05) is 73.9 Å². The van der Waals surface area contributed by atoms with Gasteiger partial charge in [0.05, 0.1) is 24.8 Å². The summed E-state index contributed by atoms with van der Waals surface area (Å²) in [6.07, 6.45) is 16.2. The molecule has 1 unspecified atom stereocenters. The van der Waals surface area contributed by atoms with E-state index in [4.69, 9.17) is 22.0 Å². The maximum absolute atomic E-state index is 7.93. The molecule has 2 saturated heterocycles. The van der Waals surface area contributed by atoms with Crippen molar-refractivity contribution in [3.63, 3.8) is 0 Å². The number of aliphatic imine (C=N–C) groups is 2. The van der Waals surface area contributed by atoms with Crippen LogP contribution in [0.3, 0.4) is 0 Å². The van der Waals surface area contributed by atoms with Crippen LogP contribution in [0.4, 0.5) is 11.6 Å². The molecule has 2 aliphatic heterocycles. The van der Waals surface area contributed by atoms with Gasteiger partial charge in [0.25, 0.3) is 0 Å². The maximum Gasteiger partial charge on any atom is 0.186 e. The van der Waals surface area contributed by atoms with Crippen LogP contribution in [-0.4, -0.2) is 101 Å². The summed E-state index contributed by atoms with van der Waals surface area (Å²) in [4.78, 5) is 22.3. The number of nitrogens with one attached hydrogen (secondary N) is 2. The lowest BCUT2D eigenvalue weighted by molar-refractivity contribution is 0.182. The summed E-state index contributed by atoms with van der Waals surface area (Å²) in [7, 11) is 4.00. The average molecular weight is 562 g/mol. The molecule has 2 aliphatic rings. The normalized spacial score (nSPS) is 19.9. The van der Waals surface area contributed by atoms with E-state index in [9.17, 15) is 0 Å². The number of hydrazine groups is 1. The van der Waals surface area contributed by atoms with Gasteiger partial charge in [-0.05, 0) is 65.0 Å². The SMILES string of the molecule is C=N/C=C(\C=N/CN1CCCC(CN(N)c2nc(-c3cnn(C)c3)cnc2N)C1)C(/C=N)=C/NC1CCN(C)CC1. The molecule has 220 valence electrons. The zero-order valence-corrected chi connectivity index (χ0v) is 24.2. The molecule has 41 heavy (non-hydrogen) atoms. The first-order valence-corrected chi connectivity index (χ1v) is 14.0. The minimum atomic E-state index is 0.299. The third kappa shape index (κ3) is 8.52. The lowest BCUT2D eigenvalue weighted by Gasteiger charge is -2.33. The number of nitrogens with two attached hydrogens (primary N) is 2. The van der Waals surface area contributed by atoms with E-state index in [1.54, 1.807) is 34.5 Å². The Balaban J connectivity index is 1.33. The number of aryl methyl sites for hydroxylation is 1. The summed E-state index contributed by atoms with van der Waals surface area (Å²) in [5, 5.41) is 17.2. The van der Waals surface area contributed by atoms with E-state index in [0.717, 1.165) is 68.6 Å². The van der Waals surface area contributed by atoms with E-state index in [-0.39, 0.29) is 0 Å². The van der Waals surface area contributed by atoms with Gasteiger partial charge in [-0.1, -0.05) is 0 Å². The van der Waals surface area contributed by atoms with Crippen molar-refractivity contribution in [1.29, 1.82) is 5.41 Å². The predicted molar refractivity (Wildman–Crippen MR) is 166 cm³/mol. The Labute approximate surface area is 242 Å². The number of likely N-dealkylation sites (tertiary alicyclic amines) is 2. The van der Waals surface area contributed by atoms with E-state index in [0.29, 0.717) is 42.5 Å². The minimum absolute atomic E-state index is 0.299. The Hall–Kier alpha value is -3.94. The molecule has 4 rings (SSSR count). The van der Waals surface area contributed by atoms with Crippen LogP contribution in [0.5, 0.6) is 0 Å². The van der Waals surface area contributed by atoms with Gasteiger partial charge in [0.1, 0.15) is 0 Å². The van der Waals surface area contributed by atoms with Crippen LogP contribution in [0.1, 0.15) is 25.7 Å². The van der Waals surface area contributed by atoms with E-state index in [1.807, 2.05) is 19.4 Å². The standard InChI is InChI=1S/C28H43N13/c1-32-12-23(22(11-29)14-34-25-6-9-38(2)10-7-25)13-33-20-40-8-4-5-21(17-40)18-41(31)28-27(30)35-16-26(37-28)24-15-36-39(3)19-24/h11-16,19,21,25,29,34H,1,4-10,17-18,20,31H2,2-3H3,(H2,30,35)/b22-14+,23-12+,29-11?,33-13-. The summed E-state index contributed by atoms with van der Waals surface area (Å²) in [5.41, 5.74) is 9.15. The van der Waals surface area contributed by atoms with Crippen LogP contribution in [0, 0.1) is 11.3 Å². The Morgan fingerprint density at radius 3 is 2.73 bits per heavy atom. The molecule has 13 nitrogen and oxygen atoms in total. The zero-order valence-electron chi connectivity index (χ0n) is 24.2. The fraction of sp³-hybridized carbons (Fsp3) is 0.500. The topological polar surface area (TPSA) is 166 Å². The first-order valence-electron chi connectivity index (χ1n) is 14.0. The van der Waals surface area contributed by atoms with Gasteiger partial charge in [-0.25, -0.2) is 15.8 Å². The number of rotatable bonds is 12. The highest BCUT2D eigenvalue weighted by Gasteiger charge is 2.23. The second kappa shape index (κ2) is 14.6. The van der Waals surface area contributed by atoms with Gasteiger partial charge in [-0.2, -0.15) is 5.10 Å². The molecule has 0 bridgehead atoms. The number of nitrogens with zero attached hydrogens (tertiary/aromatic N) is 9. The monoisotopic (exact) mass is 561 g/mol. The smallest absolute Gasteiger partial charge is 0.186 e. The first kappa shape index (κ1) is 30.0. The summed E-state index contributed by atoms with van der Waals surface area (Å²) in [6, 6.07) is 0.405. The third-order valence-electron chi connectivity index (χ3n) is 7.54. The van der Waals surface area contributed by atoms with Crippen LogP contribution >= 0.6 is 0 Å². The average Bonchev–Trinajstić information content (AvgIpc) is 3.41. The van der Waals surface area contributed by atoms with Gasteiger partial charge in [0.15, 0.2) is 11.6 Å². The molecular weight excluding hydrogens is 518 g/mol. The molecular formula is C28H43N13. The number of allylic oxidation sites excluding steroid dienone is 2. The number of hydrogen-bond acceptors (Lipinski definition) is 12. The van der Waals surface area contributed by atoms with Crippen molar-refractivity contribution in [2.45, 2.75) is 31.7 Å². The van der Waals surface area contributed by atoms with Gasteiger partial charge < -0.3 is 21.4 Å². The first-order chi connectivity index (χ1) is 19.9. The fourth-order valence-corrected chi connectivity index (χ4v) is 5.21. The van der Waals surface area contributed by atoms with E-state index < -0.39 is 0 Å². The molecule has 0 aromatic carbocycles. The molecule has 0 spiro atoms. The molecule has 0 saturated carbocycles. The van der Waals surface area contributed by atoms with Gasteiger partial charge in [0.2, 0.25) is 0 Å². The highest BCUT2D eigenvalue weighted by molar-refractivity contribution is 5.97. The van der Waals surface area contributed by atoms with Crippen molar-refractivity contribution in [2.75, 3.05) is 57.2 Å². The van der Waals surface area contributed by atoms with Crippen LogP contribution < -0.4 is 21.9 Å². The largest absolute Gasteiger partial charge is 0.388 e. The molecule has 4 heterocycles. The molecule has 2 aromatic rings. The van der Waals surface area contributed by atoms with Crippen molar-refractivity contribution in [3.8, 4) is 11.3 Å². The highest BCUT2D eigenvalue weighted by atomic mass is 15.4. The van der Waals surface area contributed by atoms with Crippen LogP contribution in [0.2, 0.25) is 0 Å². The molecule has 2 fully saturated rings. The summed E-state index contributed by atoms with van der Waals surface area (Å²) in [5.74, 6) is 7.55. The second-order valence-electron chi connectivity index (χ2n) is 10.8. The maximum atomic E-state index is 7.93.